The van der Waals surface area contributed by atoms with Gasteiger partial charge in [0, 0.05) is 17.6 Å². The van der Waals surface area contributed by atoms with Crippen LogP contribution >= 0.6 is 0 Å². The fourth-order valence-corrected chi connectivity index (χ4v) is 5.68. The van der Waals surface area contributed by atoms with E-state index in [1.165, 1.54) is 0 Å². The predicted octanol–water partition coefficient (Wildman–Crippen LogP) is 5.83. The van der Waals surface area contributed by atoms with Crippen molar-refractivity contribution < 1.29 is 30.3 Å². The molecule has 0 aromatic heterocycles. The van der Waals surface area contributed by atoms with E-state index in [2.05, 4.69) is 19.7 Å². The standard InChI is InChI=1S/C36H38O6/c1-4-16-28(25-18-10-7-11-19-25)30(37)31(38)32(39)33(40)36(41)34(29(17-5-2)26-20-12-8-13-21-26)42-35(36,24-6-3)27-22-14-9-15-23-27/h4-15,18-23,31-33,37-41H,1-3,16-17,24H2/t31-,32-,33+,35?,36-/m1/s1. The van der Waals surface area contributed by atoms with E-state index in [-0.39, 0.29) is 25.0 Å². The summed E-state index contributed by atoms with van der Waals surface area (Å²) in [4.78, 5) is 0. The van der Waals surface area contributed by atoms with Crippen LogP contribution in [0.1, 0.15) is 36.0 Å². The van der Waals surface area contributed by atoms with Crippen LogP contribution in [0, 0.1) is 0 Å². The Hall–Kier alpha value is -4.20. The van der Waals surface area contributed by atoms with Gasteiger partial charge in [0.15, 0.2) is 11.2 Å². The Morgan fingerprint density at radius 1 is 0.738 bits per heavy atom. The van der Waals surface area contributed by atoms with Gasteiger partial charge in [-0.1, -0.05) is 109 Å². The van der Waals surface area contributed by atoms with Gasteiger partial charge in [-0.3, -0.25) is 0 Å². The predicted molar refractivity (Wildman–Crippen MR) is 166 cm³/mol. The molecule has 1 fully saturated rings. The van der Waals surface area contributed by atoms with E-state index in [4.69, 9.17) is 4.74 Å². The molecule has 42 heavy (non-hydrogen) atoms. The van der Waals surface area contributed by atoms with Crippen LogP contribution in [-0.4, -0.2) is 49.4 Å². The highest BCUT2D eigenvalue weighted by atomic mass is 16.6. The van der Waals surface area contributed by atoms with E-state index in [1.54, 1.807) is 66.8 Å². The van der Waals surface area contributed by atoms with Crippen molar-refractivity contribution >= 4 is 11.1 Å². The highest BCUT2D eigenvalue weighted by Crippen LogP contribution is 2.59. The second-order valence-corrected chi connectivity index (χ2v) is 10.3. The second kappa shape index (κ2) is 13.2. The van der Waals surface area contributed by atoms with Crippen molar-refractivity contribution in [3.05, 3.63) is 157 Å². The van der Waals surface area contributed by atoms with Crippen molar-refractivity contribution in [1.82, 2.24) is 0 Å². The molecule has 4 rings (SSSR count). The molecular weight excluding hydrogens is 528 g/mol. The number of benzene rings is 3. The Balaban J connectivity index is 1.89. The molecule has 1 heterocycles. The third kappa shape index (κ3) is 5.38. The summed E-state index contributed by atoms with van der Waals surface area (Å²) in [7, 11) is 0. The summed E-state index contributed by atoms with van der Waals surface area (Å²) in [6.07, 6.45) is -0.649. The molecule has 1 unspecified atom stereocenters. The Labute approximate surface area is 247 Å². The monoisotopic (exact) mass is 566 g/mol. The van der Waals surface area contributed by atoms with Crippen LogP contribution in [0.3, 0.4) is 0 Å². The molecule has 0 radical (unpaired) electrons. The number of hydrogen-bond donors (Lipinski definition) is 5. The number of ether oxygens (including phenoxy) is 1. The molecule has 0 bridgehead atoms. The average molecular weight is 567 g/mol. The Morgan fingerprint density at radius 2 is 1.26 bits per heavy atom. The van der Waals surface area contributed by atoms with Crippen molar-refractivity contribution in [2.24, 2.45) is 0 Å². The lowest BCUT2D eigenvalue weighted by Gasteiger charge is -2.60. The van der Waals surface area contributed by atoms with Crippen LogP contribution < -0.4 is 0 Å². The van der Waals surface area contributed by atoms with Gasteiger partial charge in [-0.25, -0.2) is 0 Å². The first kappa shape index (κ1) is 30.8. The van der Waals surface area contributed by atoms with E-state index >= 15 is 0 Å². The van der Waals surface area contributed by atoms with Crippen LogP contribution in [0.5, 0.6) is 0 Å². The molecule has 6 heteroatoms. The van der Waals surface area contributed by atoms with Gasteiger partial charge in [0.1, 0.15) is 29.8 Å². The SMILES string of the molecule is C=CCC(=C(O)[C@@H](O)[C@@H](O)[C@H](O)[C@@]1(O)C(=C(CC=C)c2ccccc2)OC1(CC=C)c1ccccc1)c1ccccc1. The molecule has 218 valence electrons. The molecule has 3 aromatic rings. The Kier molecular flexibility index (Phi) is 9.66. The molecular formula is C36H38O6. The third-order valence-corrected chi connectivity index (χ3v) is 7.79. The number of hydrogen-bond acceptors (Lipinski definition) is 6. The van der Waals surface area contributed by atoms with E-state index in [0.717, 1.165) is 5.56 Å². The summed E-state index contributed by atoms with van der Waals surface area (Å²) in [5.41, 5.74) is -1.04. The van der Waals surface area contributed by atoms with Crippen LogP contribution in [0.4, 0.5) is 0 Å². The largest absolute Gasteiger partial charge is 0.509 e. The van der Waals surface area contributed by atoms with Gasteiger partial charge in [-0.05, 0) is 29.5 Å². The van der Waals surface area contributed by atoms with Gasteiger partial charge in [-0.2, -0.15) is 0 Å². The molecule has 5 N–H and O–H groups in total. The van der Waals surface area contributed by atoms with Crippen LogP contribution in [-0.2, 0) is 10.3 Å². The quantitative estimate of drug-likeness (QED) is 0.131. The molecule has 0 spiro atoms. The zero-order valence-corrected chi connectivity index (χ0v) is 23.5. The third-order valence-electron chi connectivity index (χ3n) is 7.79. The van der Waals surface area contributed by atoms with Gasteiger partial charge < -0.3 is 30.3 Å². The van der Waals surface area contributed by atoms with Crippen molar-refractivity contribution in [2.75, 3.05) is 0 Å². The van der Waals surface area contributed by atoms with E-state index in [1.807, 2.05) is 42.5 Å². The summed E-state index contributed by atoms with van der Waals surface area (Å²) >= 11 is 0. The van der Waals surface area contributed by atoms with Gasteiger partial charge >= 0.3 is 0 Å². The molecule has 5 atom stereocenters. The summed E-state index contributed by atoms with van der Waals surface area (Å²) in [5.74, 6) is -0.499. The molecule has 0 aliphatic carbocycles. The Morgan fingerprint density at radius 3 is 1.79 bits per heavy atom. The minimum Gasteiger partial charge on any atom is -0.509 e. The number of rotatable bonds is 13. The lowest BCUT2D eigenvalue weighted by molar-refractivity contribution is -0.309. The van der Waals surface area contributed by atoms with Crippen molar-refractivity contribution in [3.63, 3.8) is 0 Å². The molecule has 6 nitrogen and oxygen atoms in total. The van der Waals surface area contributed by atoms with Gasteiger partial charge in [-0.15, -0.1) is 19.7 Å². The van der Waals surface area contributed by atoms with E-state index in [9.17, 15) is 25.5 Å². The molecule has 1 aliphatic heterocycles. The minimum atomic E-state index is -2.25. The highest BCUT2D eigenvalue weighted by molar-refractivity contribution is 5.73. The number of aliphatic hydroxyl groups is 5. The topological polar surface area (TPSA) is 110 Å². The summed E-state index contributed by atoms with van der Waals surface area (Å²) < 4.78 is 6.48. The highest BCUT2D eigenvalue weighted by Gasteiger charge is 2.71. The van der Waals surface area contributed by atoms with Gasteiger partial charge in [0.25, 0.3) is 0 Å². The van der Waals surface area contributed by atoms with Crippen LogP contribution in [0.25, 0.3) is 11.1 Å². The van der Waals surface area contributed by atoms with Crippen molar-refractivity contribution in [3.8, 4) is 0 Å². The molecule has 0 saturated carbocycles. The summed E-state index contributed by atoms with van der Waals surface area (Å²) in [6, 6.07) is 27.0. The van der Waals surface area contributed by atoms with Gasteiger partial charge in [0.05, 0.1) is 0 Å². The fourth-order valence-electron chi connectivity index (χ4n) is 5.68. The normalized spacial score (nSPS) is 23.7. The minimum absolute atomic E-state index is 0.0379. The van der Waals surface area contributed by atoms with E-state index < -0.39 is 35.3 Å². The lowest BCUT2D eigenvalue weighted by atomic mass is 9.63. The molecule has 3 aromatic carbocycles. The molecule has 0 amide bonds. The fraction of sp³-hybridized carbons (Fsp3) is 0.222. The van der Waals surface area contributed by atoms with Crippen LogP contribution in [0.2, 0.25) is 0 Å². The number of aliphatic hydroxyl groups excluding tert-OH is 4. The van der Waals surface area contributed by atoms with Crippen molar-refractivity contribution in [2.45, 2.75) is 48.8 Å². The second-order valence-electron chi connectivity index (χ2n) is 10.3. The van der Waals surface area contributed by atoms with Crippen LogP contribution in [0.15, 0.2) is 140 Å². The molecule has 1 saturated heterocycles. The maximum absolute atomic E-state index is 12.7. The first-order valence-corrected chi connectivity index (χ1v) is 13.9. The lowest BCUT2D eigenvalue weighted by Crippen LogP contribution is -2.73. The smallest absolute Gasteiger partial charge is 0.195 e. The maximum Gasteiger partial charge on any atom is 0.195 e. The summed E-state index contributed by atoms with van der Waals surface area (Å²) in [5, 5.41) is 58.4. The average Bonchev–Trinajstić information content (AvgIpc) is 3.04. The molecule has 1 aliphatic rings. The zero-order valence-electron chi connectivity index (χ0n) is 23.5. The van der Waals surface area contributed by atoms with Crippen molar-refractivity contribution in [1.29, 1.82) is 0 Å². The zero-order chi connectivity index (χ0) is 30.3. The number of allylic oxidation sites excluding steroid dienone is 4. The van der Waals surface area contributed by atoms with E-state index in [0.29, 0.717) is 22.3 Å². The summed E-state index contributed by atoms with van der Waals surface area (Å²) in [6.45, 7) is 11.4. The van der Waals surface area contributed by atoms with Gasteiger partial charge in [0.2, 0.25) is 0 Å². The first-order valence-electron chi connectivity index (χ1n) is 13.9. The maximum atomic E-state index is 12.7. The Bertz CT molecular complexity index is 1450. The first-order chi connectivity index (χ1) is 20.3.